The third-order valence-electron chi connectivity index (χ3n) is 3.15. The summed E-state index contributed by atoms with van der Waals surface area (Å²) in [4.78, 5) is 6.08. The molecule has 1 aliphatic rings. The minimum atomic E-state index is 0.0204. The van der Waals surface area contributed by atoms with Crippen LogP contribution in [0.5, 0.6) is 0 Å². The number of rotatable bonds is 1. The highest BCUT2D eigenvalue weighted by atomic mass is 15.2. The second-order valence-corrected chi connectivity index (χ2v) is 4.40. The fourth-order valence-electron chi connectivity index (χ4n) is 2.32. The maximum atomic E-state index is 3.89. The Labute approximate surface area is 90.9 Å². The largest absolute Gasteiger partial charge is 0.346 e. The maximum absolute atomic E-state index is 3.89. The van der Waals surface area contributed by atoms with E-state index in [4.69, 9.17) is 0 Å². The molecule has 2 nitrogen and oxygen atoms in total. The third kappa shape index (κ3) is 1.29. The van der Waals surface area contributed by atoms with Crippen molar-refractivity contribution in [3.63, 3.8) is 0 Å². The first kappa shape index (κ1) is 9.97. The van der Waals surface area contributed by atoms with Gasteiger partial charge in [-0.3, -0.25) is 4.99 Å². The zero-order valence-corrected chi connectivity index (χ0v) is 9.49. The topological polar surface area (TPSA) is 15.6 Å². The van der Waals surface area contributed by atoms with Gasteiger partial charge in [-0.05, 0) is 18.3 Å². The van der Waals surface area contributed by atoms with Gasteiger partial charge in [-0.25, -0.2) is 0 Å². The number of likely N-dealkylation sites (N-methyl/N-ethyl adjacent to an activating group) is 1. The van der Waals surface area contributed by atoms with Gasteiger partial charge in [0, 0.05) is 30.0 Å². The minimum absolute atomic E-state index is 0.0204. The molecule has 15 heavy (non-hydrogen) atoms. The van der Waals surface area contributed by atoms with E-state index in [1.54, 1.807) is 0 Å². The van der Waals surface area contributed by atoms with Gasteiger partial charge in [0.1, 0.15) is 0 Å². The van der Waals surface area contributed by atoms with Gasteiger partial charge in [-0.15, -0.1) is 0 Å². The maximum Gasteiger partial charge on any atom is 0.0464 e. The van der Waals surface area contributed by atoms with Crippen molar-refractivity contribution < 1.29 is 0 Å². The van der Waals surface area contributed by atoms with Gasteiger partial charge in [-0.1, -0.05) is 32.0 Å². The van der Waals surface area contributed by atoms with E-state index in [0.29, 0.717) is 0 Å². The van der Waals surface area contributed by atoms with Crippen molar-refractivity contribution >= 4 is 12.4 Å². The summed E-state index contributed by atoms with van der Waals surface area (Å²) in [5, 5.41) is 0. The van der Waals surface area contributed by atoms with Crippen LogP contribution in [0.2, 0.25) is 0 Å². The van der Waals surface area contributed by atoms with Crippen LogP contribution in [0.15, 0.2) is 41.2 Å². The zero-order valence-electron chi connectivity index (χ0n) is 9.49. The lowest BCUT2D eigenvalue weighted by Crippen LogP contribution is -2.22. The van der Waals surface area contributed by atoms with Crippen LogP contribution in [0.3, 0.4) is 0 Å². The molecule has 1 aromatic carbocycles. The molecule has 0 fully saturated rings. The minimum Gasteiger partial charge on any atom is -0.346 e. The summed E-state index contributed by atoms with van der Waals surface area (Å²) >= 11 is 0. The second kappa shape index (κ2) is 3.23. The van der Waals surface area contributed by atoms with Crippen LogP contribution in [-0.2, 0) is 5.41 Å². The number of para-hydroxylation sites is 1. The average molecular weight is 200 g/mol. The number of hydrogen-bond acceptors (Lipinski definition) is 2. The van der Waals surface area contributed by atoms with Crippen molar-refractivity contribution in [2.75, 3.05) is 11.9 Å². The molecule has 0 saturated carbocycles. The van der Waals surface area contributed by atoms with E-state index >= 15 is 0 Å². The number of benzene rings is 1. The van der Waals surface area contributed by atoms with Crippen molar-refractivity contribution in [3.05, 3.63) is 41.7 Å². The lowest BCUT2D eigenvalue weighted by molar-refractivity contribution is 0.638. The number of aliphatic imine (C=N–C) groups is 1. The van der Waals surface area contributed by atoms with E-state index in [0.717, 1.165) is 0 Å². The summed E-state index contributed by atoms with van der Waals surface area (Å²) in [6.07, 6.45) is 1.85. The number of allylic oxidation sites excluding steroid dienone is 1. The fourth-order valence-corrected chi connectivity index (χ4v) is 2.32. The molecule has 0 bridgehead atoms. The summed E-state index contributed by atoms with van der Waals surface area (Å²) in [5.74, 6) is 0. The second-order valence-electron chi connectivity index (χ2n) is 4.40. The lowest BCUT2D eigenvalue weighted by atomic mass is 9.84. The Bertz CT molecular complexity index is 430. The van der Waals surface area contributed by atoms with Crippen LogP contribution in [0.4, 0.5) is 5.69 Å². The predicted molar refractivity (Wildman–Crippen MR) is 65.5 cm³/mol. The molecular formula is C13H16N2. The summed E-state index contributed by atoms with van der Waals surface area (Å²) < 4.78 is 0. The molecule has 0 unspecified atom stereocenters. The first-order valence-corrected chi connectivity index (χ1v) is 5.08. The summed E-state index contributed by atoms with van der Waals surface area (Å²) in [6.45, 7) is 7.96. The van der Waals surface area contributed by atoms with E-state index in [-0.39, 0.29) is 5.41 Å². The van der Waals surface area contributed by atoms with Gasteiger partial charge in [0.25, 0.3) is 0 Å². The Morgan fingerprint density at radius 2 is 2.00 bits per heavy atom. The van der Waals surface area contributed by atoms with Gasteiger partial charge < -0.3 is 4.90 Å². The highest BCUT2D eigenvalue weighted by Crippen LogP contribution is 2.46. The van der Waals surface area contributed by atoms with E-state index in [1.807, 2.05) is 6.20 Å². The molecule has 0 aromatic heterocycles. The smallest absolute Gasteiger partial charge is 0.0464 e. The van der Waals surface area contributed by atoms with Crippen LogP contribution in [0, 0.1) is 0 Å². The average Bonchev–Trinajstić information content (AvgIpc) is 2.41. The van der Waals surface area contributed by atoms with Gasteiger partial charge in [-0.2, -0.15) is 0 Å². The number of fused-ring (bicyclic) bond motifs is 1. The first-order valence-electron chi connectivity index (χ1n) is 5.08. The number of nitrogens with zero attached hydrogens (tertiary/aromatic N) is 2. The summed E-state index contributed by atoms with van der Waals surface area (Å²) in [6, 6.07) is 8.46. The molecule has 0 radical (unpaired) electrons. The molecule has 1 aromatic rings. The Balaban J connectivity index is 2.64. The highest BCUT2D eigenvalue weighted by Gasteiger charge is 2.37. The van der Waals surface area contributed by atoms with Crippen molar-refractivity contribution in [2.24, 2.45) is 4.99 Å². The molecule has 0 N–H and O–H groups in total. The summed E-state index contributed by atoms with van der Waals surface area (Å²) in [7, 11) is 2.07. The lowest BCUT2D eigenvalue weighted by Gasteiger charge is -2.22. The molecule has 0 aliphatic carbocycles. The van der Waals surface area contributed by atoms with Crippen molar-refractivity contribution in [2.45, 2.75) is 19.3 Å². The van der Waals surface area contributed by atoms with Gasteiger partial charge in [0.05, 0.1) is 0 Å². The molecule has 0 saturated heterocycles. The molecule has 1 heterocycles. The molecule has 0 amide bonds. The van der Waals surface area contributed by atoms with Crippen LogP contribution in [0.1, 0.15) is 19.4 Å². The third-order valence-corrected chi connectivity index (χ3v) is 3.15. The van der Waals surface area contributed by atoms with Crippen molar-refractivity contribution in [3.8, 4) is 0 Å². The first-order chi connectivity index (χ1) is 7.09. The van der Waals surface area contributed by atoms with Crippen molar-refractivity contribution in [1.82, 2.24) is 0 Å². The molecule has 1 aliphatic heterocycles. The molecule has 78 valence electrons. The van der Waals surface area contributed by atoms with Crippen LogP contribution >= 0.6 is 0 Å². The zero-order chi connectivity index (χ0) is 11.1. The molecule has 2 rings (SSSR count). The number of hydrogen-bond donors (Lipinski definition) is 0. The monoisotopic (exact) mass is 200 g/mol. The van der Waals surface area contributed by atoms with E-state index < -0.39 is 0 Å². The Morgan fingerprint density at radius 3 is 2.60 bits per heavy atom. The Hall–Kier alpha value is -1.57. The fraction of sp³-hybridized carbons (Fsp3) is 0.308. The number of anilines is 1. The van der Waals surface area contributed by atoms with Gasteiger partial charge >= 0.3 is 0 Å². The standard InChI is InChI=1S/C13H16N2/c1-13(2)10-7-5-6-8-11(10)15(4)12(13)9-14-3/h5-9H,3H2,1-2,4H3. The highest BCUT2D eigenvalue weighted by molar-refractivity contribution is 5.69. The molecule has 0 spiro atoms. The normalized spacial score (nSPS) is 20.5. The summed E-state index contributed by atoms with van der Waals surface area (Å²) in [5.41, 5.74) is 3.82. The van der Waals surface area contributed by atoms with Gasteiger partial charge in [0.2, 0.25) is 0 Å². The van der Waals surface area contributed by atoms with E-state index in [1.165, 1.54) is 16.9 Å². The molecule has 2 heteroatoms. The quantitative estimate of drug-likeness (QED) is 0.636. The SMILES string of the molecule is C=NC=C1N(C)c2ccccc2C1(C)C. The van der Waals surface area contributed by atoms with Crippen LogP contribution in [-0.4, -0.2) is 13.8 Å². The Kier molecular flexibility index (Phi) is 2.14. The van der Waals surface area contributed by atoms with Crippen LogP contribution < -0.4 is 4.90 Å². The van der Waals surface area contributed by atoms with Crippen molar-refractivity contribution in [1.29, 1.82) is 0 Å². The molecular weight excluding hydrogens is 184 g/mol. The van der Waals surface area contributed by atoms with Gasteiger partial charge in [0.15, 0.2) is 0 Å². The van der Waals surface area contributed by atoms with E-state index in [9.17, 15) is 0 Å². The Morgan fingerprint density at radius 1 is 1.33 bits per heavy atom. The predicted octanol–water partition coefficient (Wildman–Crippen LogP) is 2.96. The van der Waals surface area contributed by atoms with E-state index in [2.05, 4.69) is 61.8 Å². The molecule has 0 atom stereocenters. The van der Waals surface area contributed by atoms with Crippen LogP contribution in [0.25, 0.3) is 0 Å².